The Morgan fingerprint density at radius 3 is 2.59 bits per heavy atom. The highest BCUT2D eigenvalue weighted by Crippen LogP contribution is 2.34. The number of carbonyl (C=O) groups is 1. The number of hydrogen-bond donors (Lipinski definition) is 1. The molecule has 0 amide bonds. The van der Waals surface area contributed by atoms with Gasteiger partial charge in [0.15, 0.2) is 11.5 Å². The van der Waals surface area contributed by atoms with E-state index in [1.54, 1.807) is 18.2 Å². The van der Waals surface area contributed by atoms with Gasteiger partial charge >= 0.3 is 5.97 Å². The molecule has 2 heterocycles. The van der Waals surface area contributed by atoms with Gasteiger partial charge in [-0.15, -0.1) is 0 Å². The number of methoxy groups -OCH3 is 2. The van der Waals surface area contributed by atoms with E-state index in [0.29, 0.717) is 36.4 Å². The maximum absolute atomic E-state index is 13.4. The average molecular weight is 379 g/mol. The summed E-state index contributed by atoms with van der Waals surface area (Å²) in [5.74, 6) is -0.109. The third-order valence-electron chi connectivity index (χ3n) is 4.43. The molecular formula is C18H19F2N3O4. The lowest BCUT2D eigenvalue weighted by Gasteiger charge is -2.22. The Bertz CT molecular complexity index is 847. The maximum atomic E-state index is 13.4. The zero-order chi connectivity index (χ0) is 19.6. The van der Waals surface area contributed by atoms with Crippen LogP contribution in [0.1, 0.15) is 25.0 Å². The van der Waals surface area contributed by atoms with Gasteiger partial charge in [-0.25, -0.2) is 23.5 Å². The summed E-state index contributed by atoms with van der Waals surface area (Å²) in [7, 11) is 2.97. The molecule has 0 spiro atoms. The Morgan fingerprint density at radius 1 is 1.22 bits per heavy atom. The largest absolute Gasteiger partial charge is 0.493 e. The molecular weight excluding hydrogens is 360 g/mol. The summed E-state index contributed by atoms with van der Waals surface area (Å²) < 4.78 is 37.2. The number of nitrogens with zero attached hydrogens (tertiary/aromatic N) is 3. The van der Waals surface area contributed by atoms with Gasteiger partial charge < -0.3 is 19.5 Å². The van der Waals surface area contributed by atoms with E-state index in [2.05, 4.69) is 9.97 Å². The van der Waals surface area contributed by atoms with Gasteiger partial charge in [0.05, 0.1) is 19.9 Å². The molecule has 0 unspecified atom stereocenters. The number of carboxylic acids is 1. The third kappa shape index (κ3) is 3.76. The van der Waals surface area contributed by atoms with E-state index in [-0.39, 0.29) is 11.6 Å². The highest BCUT2D eigenvalue weighted by molar-refractivity contribution is 5.78. The smallest absolute Gasteiger partial charge is 0.326 e. The fraction of sp³-hybridized carbons (Fsp3) is 0.389. The van der Waals surface area contributed by atoms with Crippen LogP contribution >= 0.6 is 0 Å². The standard InChI is InChI=1S/C18H19F2N3O4/c1-26-14-6-5-10(8-15(14)27-2)11-9-12(16(19)20)22-18(21-11)23-7-3-4-13(23)17(24)25/h5-6,8-9,13,16H,3-4,7H2,1-2H3,(H,24,25)/t13-/m0/s1. The fourth-order valence-corrected chi connectivity index (χ4v) is 3.10. The molecule has 1 atom stereocenters. The van der Waals surface area contributed by atoms with E-state index in [9.17, 15) is 18.7 Å². The molecule has 3 rings (SSSR count). The Balaban J connectivity index is 2.08. The quantitative estimate of drug-likeness (QED) is 0.825. The minimum absolute atomic E-state index is 0.0116. The SMILES string of the molecule is COc1ccc(-c2cc(C(F)F)nc(N3CCC[C@H]3C(=O)O)n2)cc1OC. The molecule has 0 radical (unpaired) electrons. The summed E-state index contributed by atoms with van der Waals surface area (Å²) in [6.45, 7) is 0.398. The first kappa shape index (κ1) is 18.8. The predicted molar refractivity (Wildman–Crippen MR) is 93.5 cm³/mol. The molecule has 2 aromatic rings. The van der Waals surface area contributed by atoms with Crippen molar-refractivity contribution < 1.29 is 28.2 Å². The van der Waals surface area contributed by atoms with Crippen LogP contribution in [0.2, 0.25) is 0 Å². The first-order valence-electron chi connectivity index (χ1n) is 8.33. The summed E-state index contributed by atoms with van der Waals surface area (Å²) in [6.07, 6.45) is -1.76. The first-order valence-corrected chi connectivity index (χ1v) is 8.33. The highest BCUT2D eigenvalue weighted by Gasteiger charge is 2.33. The second-order valence-corrected chi connectivity index (χ2v) is 6.04. The number of halogens is 2. The molecule has 27 heavy (non-hydrogen) atoms. The number of anilines is 1. The number of alkyl halides is 2. The van der Waals surface area contributed by atoms with Gasteiger partial charge in [0.1, 0.15) is 11.7 Å². The van der Waals surface area contributed by atoms with Crippen molar-refractivity contribution in [2.45, 2.75) is 25.3 Å². The van der Waals surface area contributed by atoms with Crippen molar-refractivity contribution in [1.82, 2.24) is 9.97 Å². The Hall–Kier alpha value is -2.97. The molecule has 1 aliphatic heterocycles. The van der Waals surface area contributed by atoms with Crippen LogP contribution in [-0.2, 0) is 4.79 Å². The van der Waals surface area contributed by atoms with Crippen LogP contribution in [0.25, 0.3) is 11.3 Å². The van der Waals surface area contributed by atoms with Gasteiger partial charge in [-0.3, -0.25) is 0 Å². The molecule has 1 aromatic heterocycles. The first-order chi connectivity index (χ1) is 12.9. The topological polar surface area (TPSA) is 84.8 Å². The Morgan fingerprint density at radius 2 is 1.96 bits per heavy atom. The molecule has 1 fully saturated rings. The van der Waals surface area contributed by atoms with Crippen LogP contribution in [0.15, 0.2) is 24.3 Å². The van der Waals surface area contributed by atoms with E-state index in [1.807, 2.05) is 0 Å². The van der Waals surface area contributed by atoms with Crippen LogP contribution < -0.4 is 14.4 Å². The van der Waals surface area contributed by atoms with Crippen LogP contribution in [0.3, 0.4) is 0 Å². The molecule has 1 aromatic carbocycles. The van der Waals surface area contributed by atoms with E-state index in [4.69, 9.17) is 9.47 Å². The van der Waals surface area contributed by atoms with Crippen LogP contribution in [0.5, 0.6) is 11.5 Å². The molecule has 144 valence electrons. The molecule has 1 N–H and O–H groups in total. The van der Waals surface area contributed by atoms with Crippen molar-refractivity contribution in [3.63, 3.8) is 0 Å². The minimum Gasteiger partial charge on any atom is -0.493 e. The monoisotopic (exact) mass is 379 g/mol. The van der Waals surface area contributed by atoms with E-state index >= 15 is 0 Å². The Labute approximate surface area is 154 Å². The van der Waals surface area contributed by atoms with E-state index in [1.165, 1.54) is 25.2 Å². The lowest BCUT2D eigenvalue weighted by atomic mass is 10.1. The number of rotatable bonds is 6. The highest BCUT2D eigenvalue weighted by atomic mass is 19.3. The Kier molecular flexibility index (Phi) is 5.38. The molecule has 0 saturated carbocycles. The van der Waals surface area contributed by atoms with Gasteiger partial charge in [0, 0.05) is 12.1 Å². The van der Waals surface area contributed by atoms with Crippen molar-refractivity contribution in [3.8, 4) is 22.8 Å². The van der Waals surface area contributed by atoms with Crippen molar-refractivity contribution in [2.75, 3.05) is 25.7 Å². The van der Waals surface area contributed by atoms with Crippen molar-refractivity contribution >= 4 is 11.9 Å². The van der Waals surface area contributed by atoms with Gasteiger partial charge in [0.2, 0.25) is 5.95 Å². The molecule has 1 aliphatic rings. The number of ether oxygens (including phenoxy) is 2. The zero-order valence-electron chi connectivity index (χ0n) is 14.9. The maximum Gasteiger partial charge on any atom is 0.326 e. The van der Waals surface area contributed by atoms with Gasteiger partial charge in [-0.2, -0.15) is 0 Å². The fourth-order valence-electron chi connectivity index (χ4n) is 3.10. The molecule has 1 saturated heterocycles. The van der Waals surface area contributed by atoms with E-state index < -0.39 is 24.1 Å². The van der Waals surface area contributed by atoms with Crippen LogP contribution in [-0.4, -0.2) is 47.8 Å². The van der Waals surface area contributed by atoms with Gasteiger partial charge in [-0.05, 0) is 37.1 Å². The molecule has 0 bridgehead atoms. The second kappa shape index (κ2) is 7.73. The van der Waals surface area contributed by atoms with E-state index in [0.717, 1.165) is 0 Å². The van der Waals surface area contributed by atoms with Gasteiger partial charge in [-0.1, -0.05) is 0 Å². The number of benzene rings is 1. The number of aliphatic carboxylic acids is 1. The van der Waals surface area contributed by atoms with Gasteiger partial charge in [0.25, 0.3) is 6.43 Å². The molecule has 7 nitrogen and oxygen atoms in total. The lowest BCUT2D eigenvalue weighted by Crippen LogP contribution is -2.37. The van der Waals surface area contributed by atoms with Crippen molar-refractivity contribution in [3.05, 3.63) is 30.0 Å². The number of hydrogen-bond acceptors (Lipinski definition) is 6. The summed E-state index contributed by atoms with van der Waals surface area (Å²) in [5, 5.41) is 9.36. The third-order valence-corrected chi connectivity index (χ3v) is 4.43. The number of aromatic nitrogens is 2. The molecule has 9 heteroatoms. The molecule has 0 aliphatic carbocycles. The lowest BCUT2D eigenvalue weighted by molar-refractivity contribution is -0.138. The normalized spacial score (nSPS) is 16.6. The van der Waals surface area contributed by atoms with Crippen molar-refractivity contribution in [1.29, 1.82) is 0 Å². The van der Waals surface area contributed by atoms with Crippen molar-refractivity contribution in [2.24, 2.45) is 0 Å². The minimum atomic E-state index is -2.81. The average Bonchev–Trinajstić information content (AvgIpc) is 3.17. The number of carboxylic acid groups (broad SMARTS) is 1. The summed E-state index contributed by atoms with van der Waals surface area (Å²) >= 11 is 0. The predicted octanol–water partition coefficient (Wildman–Crippen LogP) is 3.15. The zero-order valence-corrected chi connectivity index (χ0v) is 14.9. The van der Waals surface area contributed by atoms with Crippen LogP contribution in [0.4, 0.5) is 14.7 Å². The summed E-state index contributed by atoms with van der Waals surface area (Å²) in [4.78, 5) is 21.1. The van der Waals surface area contributed by atoms with Crippen LogP contribution in [0, 0.1) is 0 Å². The second-order valence-electron chi connectivity index (χ2n) is 6.04. The summed E-state index contributed by atoms with van der Waals surface area (Å²) in [5.41, 5.74) is 0.331. The summed E-state index contributed by atoms with van der Waals surface area (Å²) in [6, 6.07) is 5.31.